The maximum atomic E-state index is 11.3. The molecule has 1 heterocycles. The average molecular weight is 228 g/mol. The Bertz CT molecular complexity index is 407. The van der Waals surface area contributed by atoms with Crippen molar-refractivity contribution in [2.45, 2.75) is 25.4 Å². The van der Waals surface area contributed by atoms with Crippen molar-refractivity contribution < 1.29 is 4.74 Å². The summed E-state index contributed by atoms with van der Waals surface area (Å²) in [4.78, 5) is 11.2. The van der Waals surface area contributed by atoms with Crippen LogP contribution < -0.4 is 15.0 Å². The molecule has 15 heavy (non-hydrogen) atoms. The molecule has 1 aliphatic carbocycles. The van der Waals surface area contributed by atoms with Crippen LogP contribution in [0.2, 0.25) is 0 Å². The molecule has 1 N–H and O–H groups in total. The fourth-order valence-electron chi connectivity index (χ4n) is 0.974. The van der Waals surface area contributed by atoms with Gasteiger partial charge in [-0.2, -0.15) is 5.10 Å². The highest BCUT2D eigenvalue weighted by molar-refractivity contribution is 7.10. The van der Waals surface area contributed by atoms with E-state index < -0.39 is 0 Å². The molecule has 1 aliphatic rings. The summed E-state index contributed by atoms with van der Waals surface area (Å²) in [7, 11) is 1.49. The lowest BCUT2D eigenvalue weighted by Crippen LogP contribution is -2.17. The van der Waals surface area contributed by atoms with Crippen LogP contribution in [0.15, 0.2) is 9.90 Å². The first-order valence-corrected chi connectivity index (χ1v) is 5.50. The molecule has 0 spiro atoms. The number of methoxy groups -OCH3 is 1. The van der Waals surface area contributed by atoms with Gasteiger partial charge >= 0.3 is 4.87 Å². The van der Waals surface area contributed by atoms with E-state index >= 15 is 0 Å². The molecule has 0 amide bonds. The Kier molecular flexibility index (Phi) is 3.00. The second kappa shape index (κ2) is 4.43. The number of nitrogens with one attached hydrogen (secondary N) is 1. The van der Waals surface area contributed by atoms with Crippen molar-refractivity contribution in [3.63, 3.8) is 0 Å². The lowest BCUT2D eigenvalue weighted by Gasteiger charge is -1.94. The number of hydrazone groups is 1. The van der Waals surface area contributed by atoms with Gasteiger partial charge in [0.15, 0.2) is 0 Å². The molecular formula is C8H12N4O2S. The van der Waals surface area contributed by atoms with E-state index in [9.17, 15) is 4.79 Å². The maximum absolute atomic E-state index is 11.3. The first-order valence-electron chi connectivity index (χ1n) is 4.68. The Labute approximate surface area is 90.6 Å². The Morgan fingerprint density at radius 1 is 1.80 bits per heavy atom. The highest BCUT2D eigenvalue weighted by Gasteiger charge is 2.19. The smallest absolute Gasteiger partial charge is 0.328 e. The molecule has 0 aliphatic heterocycles. The zero-order valence-corrected chi connectivity index (χ0v) is 9.16. The lowest BCUT2D eigenvalue weighted by atomic mass is 10.7. The Morgan fingerprint density at radius 3 is 3.20 bits per heavy atom. The average Bonchev–Trinajstić information content (AvgIpc) is 2.98. The molecule has 0 saturated heterocycles. The topological polar surface area (TPSA) is 68.5 Å². The third-order valence-electron chi connectivity index (χ3n) is 1.94. The molecular weight excluding hydrogens is 216 g/mol. The third kappa shape index (κ3) is 2.79. The molecule has 1 saturated carbocycles. The van der Waals surface area contributed by atoms with Gasteiger partial charge in [-0.1, -0.05) is 0 Å². The summed E-state index contributed by atoms with van der Waals surface area (Å²) >= 11 is 0.983. The van der Waals surface area contributed by atoms with E-state index in [1.54, 1.807) is 6.21 Å². The summed E-state index contributed by atoms with van der Waals surface area (Å²) in [5.41, 5.74) is 2.97. The van der Waals surface area contributed by atoms with Gasteiger partial charge in [0.2, 0.25) is 0 Å². The summed E-state index contributed by atoms with van der Waals surface area (Å²) in [5, 5.41) is 8.31. The van der Waals surface area contributed by atoms with E-state index in [0.29, 0.717) is 17.8 Å². The SMILES string of the molecule is COc1nn(CC=NNC2CC2)c(=O)s1. The van der Waals surface area contributed by atoms with E-state index in [1.165, 1.54) is 24.6 Å². The van der Waals surface area contributed by atoms with E-state index in [1.807, 2.05) is 0 Å². The molecule has 0 bridgehead atoms. The number of hydrogen-bond donors (Lipinski definition) is 1. The molecule has 0 atom stereocenters. The van der Waals surface area contributed by atoms with Crippen molar-refractivity contribution in [2.24, 2.45) is 5.10 Å². The van der Waals surface area contributed by atoms with Gasteiger partial charge < -0.3 is 10.2 Å². The zero-order valence-electron chi connectivity index (χ0n) is 8.34. The molecule has 7 heteroatoms. The highest BCUT2D eigenvalue weighted by Crippen LogP contribution is 2.18. The minimum absolute atomic E-state index is 0.135. The van der Waals surface area contributed by atoms with Crippen molar-refractivity contribution in [3.05, 3.63) is 9.67 Å². The molecule has 0 aromatic carbocycles. The van der Waals surface area contributed by atoms with Crippen molar-refractivity contribution in [3.8, 4) is 5.19 Å². The molecule has 82 valence electrons. The summed E-state index contributed by atoms with van der Waals surface area (Å²) in [6.45, 7) is 0.373. The third-order valence-corrected chi connectivity index (χ3v) is 2.75. The number of rotatable bonds is 5. The van der Waals surface area contributed by atoms with Gasteiger partial charge in [-0.05, 0) is 24.2 Å². The van der Waals surface area contributed by atoms with Gasteiger partial charge in [-0.25, -0.2) is 4.68 Å². The molecule has 0 radical (unpaired) electrons. The fraction of sp³-hybridized carbons (Fsp3) is 0.625. The van der Waals surface area contributed by atoms with Gasteiger partial charge in [0.25, 0.3) is 5.19 Å². The van der Waals surface area contributed by atoms with Crippen LogP contribution in [0, 0.1) is 0 Å². The Hall–Kier alpha value is -1.37. The number of hydrogen-bond acceptors (Lipinski definition) is 6. The molecule has 1 aromatic heterocycles. The Morgan fingerprint density at radius 2 is 2.60 bits per heavy atom. The maximum Gasteiger partial charge on any atom is 0.328 e. The second-order valence-electron chi connectivity index (χ2n) is 3.24. The van der Waals surface area contributed by atoms with E-state index in [-0.39, 0.29) is 4.87 Å². The van der Waals surface area contributed by atoms with Gasteiger partial charge in [0, 0.05) is 12.3 Å². The van der Waals surface area contributed by atoms with Crippen LogP contribution >= 0.6 is 11.3 Å². The van der Waals surface area contributed by atoms with E-state index in [4.69, 9.17) is 4.74 Å². The normalized spacial score (nSPS) is 15.8. The van der Waals surface area contributed by atoms with Crippen LogP contribution in [-0.2, 0) is 6.54 Å². The van der Waals surface area contributed by atoms with Crippen LogP contribution in [-0.4, -0.2) is 29.1 Å². The van der Waals surface area contributed by atoms with Gasteiger partial charge in [-0.15, -0.1) is 5.10 Å². The van der Waals surface area contributed by atoms with E-state index in [2.05, 4.69) is 15.6 Å². The van der Waals surface area contributed by atoms with E-state index in [0.717, 1.165) is 11.3 Å². The van der Waals surface area contributed by atoms with Crippen molar-refractivity contribution in [2.75, 3.05) is 7.11 Å². The summed E-state index contributed by atoms with van der Waals surface area (Å²) in [6.07, 6.45) is 4.00. The first kappa shape index (κ1) is 10.2. The van der Waals surface area contributed by atoms with Crippen LogP contribution in [0.3, 0.4) is 0 Å². The number of ether oxygens (including phenoxy) is 1. The quantitative estimate of drug-likeness (QED) is 0.571. The number of aromatic nitrogens is 2. The predicted octanol–water partition coefficient (Wildman–Crippen LogP) is 0.0512. The predicted molar refractivity (Wildman–Crippen MR) is 57.6 cm³/mol. The van der Waals surface area contributed by atoms with Crippen LogP contribution in [0.1, 0.15) is 12.8 Å². The summed E-state index contributed by atoms with van der Waals surface area (Å²) in [5.74, 6) is 0. The summed E-state index contributed by atoms with van der Waals surface area (Å²) < 4.78 is 6.18. The standard InChI is InChI=1S/C8H12N4O2S/c1-14-7-11-12(8(13)15-7)5-4-9-10-6-2-3-6/h4,6,10H,2-3,5H2,1H3. The largest absolute Gasteiger partial charge is 0.472 e. The van der Waals surface area contributed by atoms with Gasteiger partial charge in [-0.3, -0.25) is 4.79 Å². The van der Waals surface area contributed by atoms with Gasteiger partial charge in [0.05, 0.1) is 13.7 Å². The van der Waals surface area contributed by atoms with Crippen LogP contribution in [0.5, 0.6) is 5.19 Å². The highest BCUT2D eigenvalue weighted by atomic mass is 32.1. The molecule has 1 aromatic rings. The van der Waals surface area contributed by atoms with Crippen LogP contribution in [0.25, 0.3) is 0 Å². The Balaban J connectivity index is 1.88. The van der Waals surface area contributed by atoms with Crippen LogP contribution in [0.4, 0.5) is 0 Å². The minimum atomic E-state index is -0.135. The molecule has 1 fully saturated rings. The molecule has 0 unspecified atom stereocenters. The minimum Gasteiger partial charge on any atom is -0.472 e. The monoisotopic (exact) mass is 228 g/mol. The van der Waals surface area contributed by atoms with Crippen molar-refractivity contribution in [1.82, 2.24) is 15.2 Å². The molecule has 6 nitrogen and oxygen atoms in total. The number of nitrogens with zero attached hydrogens (tertiary/aromatic N) is 3. The van der Waals surface area contributed by atoms with Gasteiger partial charge in [0.1, 0.15) is 0 Å². The second-order valence-corrected chi connectivity index (χ2v) is 4.14. The van der Waals surface area contributed by atoms with Crippen molar-refractivity contribution in [1.29, 1.82) is 0 Å². The lowest BCUT2D eigenvalue weighted by molar-refractivity contribution is 0.400. The fourth-order valence-corrected chi connectivity index (χ4v) is 1.57. The van der Waals surface area contributed by atoms with Crippen molar-refractivity contribution >= 4 is 17.6 Å². The first-order chi connectivity index (χ1) is 7.29. The summed E-state index contributed by atoms with van der Waals surface area (Å²) in [6, 6.07) is 0.531. The zero-order chi connectivity index (χ0) is 10.7. The molecule has 2 rings (SSSR count).